The molecule has 19 heavy (non-hydrogen) atoms. The second-order valence-electron chi connectivity index (χ2n) is 5.34. The van der Waals surface area contributed by atoms with E-state index >= 15 is 0 Å². The number of carboxylic acids is 1. The summed E-state index contributed by atoms with van der Waals surface area (Å²) in [5.74, 6) is -0.218. The number of hydrogen-bond acceptors (Lipinski definition) is 3. The lowest BCUT2D eigenvalue weighted by molar-refractivity contribution is -0.145. The van der Waals surface area contributed by atoms with Crippen LogP contribution in [0.25, 0.3) is 0 Å². The number of benzene rings is 1. The Morgan fingerprint density at radius 3 is 2.26 bits per heavy atom. The molecule has 1 aromatic rings. The Bertz CT molecular complexity index is 433. The minimum absolute atomic E-state index is 0.0452. The molecule has 0 aliphatic rings. The highest BCUT2D eigenvalue weighted by molar-refractivity contribution is 5.83. The van der Waals surface area contributed by atoms with Crippen LogP contribution >= 0.6 is 0 Å². The van der Waals surface area contributed by atoms with E-state index in [1.165, 1.54) is 0 Å². The molecule has 0 spiro atoms. The summed E-state index contributed by atoms with van der Waals surface area (Å²) >= 11 is 0. The Hall–Kier alpha value is -1.71. The zero-order valence-electron chi connectivity index (χ0n) is 12.2. The fourth-order valence-electron chi connectivity index (χ4n) is 2.44. The fourth-order valence-corrected chi connectivity index (χ4v) is 2.44. The molecule has 0 unspecified atom stereocenters. The van der Waals surface area contributed by atoms with Gasteiger partial charge < -0.3 is 15.2 Å². The van der Waals surface area contributed by atoms with Crippen molar-refractivity contribution >= 4 is 11.7 Å². The van der Waals surface area contributed by atoms with Gasteiger partial charge in [-0.1, -0.05) is 33.8 Å². The summed E-state index contributed by atoms with van der Waals surface area (Å²) in [5.41, 5.74) is -0.240. The van der Waals surface area contributed by atoms with Crippen LogP contribution < -0.4 is 10.1 Å². The van der Waals surface area contributed by atoms with Crippen LogP contribution in [0.4, 0.5) is 5.69 Å². The fraction of sp³-hybridized carbons (Fsp3) is 0.533. The minimum atomic E-state index is -0.994. The molecule has 4 nitrogen and oxygen atoms in total. The lowest BCUT2D eigenvalue weighted by Gasteiger charge is -2.39. The summed E-state index contributed by atoms with van der Waals surface area (Å²) in [6.45, 7) is 7.67. The quantitative estimate of drug-likeness (QED) is 0.829. The molecule has 0 bridgehead atoms. The second-order valence-corrected chi connectivity index (χ2v) is 5.34. The number of aliphatic carboxylic acids is 1. The third-order valence-corrected chi connectivity index (χ3v) is 3.60. The lowest BCUT2D eigenvalue weighted by Crippen LogP contribution is -2.55. The van der Waals surface area contributed by atoms with Gasteiger partial charge >= 0.3 is 5.97 Å². The van der Waals surface area contributed by atoms with Gasteiger partial charge in [-0.25, -0.2) is 4.79 Å². The van der Waals surface area contributed by atoms with Crippen LogP contribution in [0.15, 0.2) is 24.3 Å². The SMILES string of the molecule is COc1cccc(NC(C(=O)O)(C(C)C)C(C)C)c1. The third-order valence-electron chi connectivity index (χ3n) is 3.60. The van der Waals surface area contributed by atoms with Crippen molar-refractivity contribution in [3.63, 3.8) is 0 Å². The van der Waals surface area contributed by atoms with Gasteiger partial charge in [0.25, 0.3) is 0 Å². The van der Waals surface area contributed by atoms with E-state index in [0.717, 1.165) is 5.69 Å². The van der Waals surface area contributed by atoms with Gasteiger partial charge in [-0.2, -0.15) is 0 Å². The standard InChI is InChI=1S/C15H23NO3/c1-10(2)15(11(3)4,14(17)18)16-12-7-6-8-13(9-12)19-5/h6-11,16H,1-5H3,(H,17,18). The number of nitrogens with one attached hydrogen (secondary N) is 1. The van der Waals surface area contributed by atoms with Crippen molar-refractivity contribution in [3.8, 4) is 5.75 Å². The highest BCUT2D eigenvalue weighted by atomic mass is 16.5. The molecule has 0 fully saturated rings. The molecule has 0 amide bonds. The number of hydrogen-bond donors (Lipinski definition) is 2. The molecule has 1 rings (SSSR count). The van der Waals surface area contributed by atoms with Gasteiger partial charge in [0, 0.05) is 11.8 Å². The molecular weight excluding hydrogens is 242 g/mol. The van der Waals surface area contributed by atoms with E-state index in [4.69, 9.17) is 4.74 Å². The number of ether oxygens (including phenoxy) is 1. The Balaban J connectivity index is 3.16. The predicted molar refractivity (Wildman–Crippen MR) is 76.7 cm³/mol. The summed E-state index contributed by atoms with van der Waals surface area (Å²) in [7, 11) is 1.59. The molecule has 106 valence electrons. The predicted octanol–water partition coefficient (Wildman–Crippen LogP) is 3.24. The molecule has 4 heteroatoms. The molecule has 0 saturated carbocycles. The number of methoxy groups -OCH3 is 1. The maximum atomic E-state index is 11.8. The normalized spacial score (nSPS) is 11.7. The molecular formula is C15H23NO3. The highest BCUT2D eigenvalue weighted by Gasteiger charge is 2.44. The van der Waals surface area contributed by atoms with Crippen LogP contribution in [-0.2, 0) is 4.79 Å². The summed E-state index contributed by atoms with van der Waals surface area (Å²) in [6.07, 6.45) is 0. The van der Waals surface area contributed by atoms with Crippen molar-refractivity contribution < 1.29 is 14.6 Å². The molecule has 0 aliphatic carbocycles. The first kappa shape index (κ1) is 15.3. The smallest absolute Gasteiger partial charge is 0.329 e. The van der Waals surface area contributed by atoms with Crippen molar-refractivity contribution in [1.82, 2.24) is 0 Å². The summed E-state index contributed by atoms with van der Waals surface area (Å²) in [5, 5.41) is 12.8. The van der Waals surface area contributed by atoms with E-state index in [9.17, 15) is 9.90 Å². The average Bonchev–Trinajstić information content (AvgIpc) is 2.34. The van der Waals surface area contributed by atoms with Gasteiger partial charge in [-0.05, 0) is 24.0 Å². The number of anilines is 1. The maximum absolute atomic E-state index is 11.8. The average molecular weight is 265 g/mol. The number of carboxylic acid groups (broad SMARTS) is 1. The Morgan fingerprint density at radius 1 is 1.26 bits per heavy atom. The van der Waals surface area contributed by atoms with Crippen molar-refractivity contribution in [2.24, 2.45) is 11.8 Å². The number of rotatable bonds is 6. The second kappa shape index (κ2) is 5.95. The third kappa shape index (κ3) is 3.00. The first-order valence-electron chi connectivity index (χ1n) is 6.50. The largest absolute Gasteiger partial charge is 0.497 e. The molecule has 0 aliphatic heterocycles. The monoisotopic (exact) mass is 265 g/mol. The van der Waals surface area contributed by atoms with Gasteiger partial charge in [0.05, 0.1) is 7.11 Å². The van der Waals surface area contributed by atoms with Crippen molar-refractivity contribution in [2.75, 3.05) is 12.4 Å². The number of carbonyl (C=O) groups is 1. The van der Waals surface area contributed by atoms with Crippen LogP contribution in [0, 0.1) is 11.8 Å². The first-order valence-corrected chi connectivity index (χ1v) is 6.50. The molecule has 1 aromatic carbocycles. The molecule has 2 N–H and O–H groups in total. The van der Waals surface area contributed by atoms with Gasteiger partial charge in [0.1, 0.15) is 11.3 Å². The first-order chi connectivity index (χ1) is 8.84. The maximum Gasteiger partial charge on any atom is 0.329 e. The Labute approximate surface area is 114 Å². The van der Waals surface area contributed by atoms with E-state index < -0.39 is 11.5 Å². The van der Waals surface area contributed by atoms with Gasteiger partial charge in [-0.15, -0.1) is 0 Å². The molecule has 0 heterocycles. The topological polar surface area (TPSA) is 58.6 Å². The zero-order valence-corrected chi connectivity index (χ0v) is 12.2. The van der Waals surface area contributed by atoms with E-state index in [-0.39, 0.29) is 11.8 Å². The van der Waals surface area contributed by atoms with Gasteiger partial charge in [0.15, 0.2) is 0 Å². The van der Waals surface area contributed by atoms with Gasteiger partial charge in [0.2, 0.25) is 0 Å². The van der Waals surface area contributed by atoms with Crippen LogP contribution in [0.5, 0.6) is 5.75 Å². The summed E-state index contributed by atoms with van der Waals surface area (Å²) in [6, 6.07) is 7.33. The summed E-state index contributed by atoms with van der Waals surface area (Å²) < 4.78 is 5.16. The van der Waals surface area contributed by atoms with E-state index in [0.29, 0.717) is 5.75 Å². The molecule has 0 saturated heterocycles. The van der Waals surface area contributed by atoms with Crippen LogP contribution in [0.1, 0.15) is 27.7 Å². The van der Waals surface area contributed by atoms with Gasteiger partial charge in [-0.3, -0.25) is 0 Å². The van der Waals surface area contributed by atoms with Crippen molar-refractivity contribution in [1.29, 1.82) is 0 Å². The minimum Gasteiger partial charge on any atom is -0.497 e. The molecule has 0 aromatic heterocycles. The van der Waals surface area contributed by atoms with E-state index in [1.807, 2.05) is 52.0 Å². The van der Waals surface area contributed by atoms with Crippen molar-refractivity contribution in [3.05, 3.63) is 24.3 Å². The van der Waals surface area contributed by atoms with Crippen LogP contribution in [0.2, 0.25) is 0 Å². The zero-order chi connectivity index (χ0) is 14.6. The lowest BCUT2D eigenvalue weighted by atomic mass is 9.76. The van der Waals surface area contributed by atoms with E-state index in [2.05, 4.69) is 5.32 Å². The molecule has 0 atom stereocenters. The Kier molecular flexibility index (Phi) is 4.81. The van der Waals surface area contributed by atoms with E-state index in [1.54, 1.807) is 7.11 Å². The molecule has 0 radical (unpaired) electrons. The Morgan fingerprint density at radius 2 is 1.84 bits per heavy atom. The van der Waals surface area contributed by atoms with Crippen LogP contribution in [0.3, 0.4) is 0 Å². The van der Waals surface area contributed by atoms with Crippen molar-refractivity contribution in [2.45, 2.75) is 33.2 Å². The van der Waals surface area contributed by atoms with Crippen LogP contribution in [-0.4, -0.2) is 23.7 Å². The summed E-state index contributed by atoms with van der Waals surface area (Å²) in [4.78, 5) is 11.8. The highest BCUT2D eigenvalue weighted by Crippen LogP contribution is 2.32.